The Labute approximate surface area is 169 Å². The Kier molecular flexibility index (Phi) is 5.46. The fourth-order valence-corrected chi connectivity index (χ4v) is 3.83. The molecular weight excluding hydrogens is 374 g/mol. The van der Waals surface area contributed by atoms with Gasteiger partial charge >= 0.3 is 5.97 Å². The minimum absolute atomic E-state index is 0.279. The fraction of sp³-hybridized carbons (Fsp3) is 0.273. The summed E-state index contributed by atoms with van der Waals surface area (Å²) in [7, 11) is 0. The van der Waals surface area contributed by atoms with Gasteiger partial charge in [0.25, 0.3) is 0 Å². The molecule has 0 bridgehead atoms. The summed E-state index contributed by atoms with van der Waals surface area (Å²) in [6, 6.07) is 17.9. The van der Waals surface area contributed by atoms with Crippen molar-refractivity contribution < 1.29 is 9.90 Å². The first kappa shape index (κ1) is 18.7. The van der Waals surface area contributed by atoms with E-state index < -0.39 is 5.97 Å². The Morgan fingerprint density at radius 2 is 1.86 bits per heavy atom. The van der Waals surface area contributed by atoms with E-state index >= 15 is 0 Å². The van der Waals surface area contributed by atoms with Gasteiger partial charge in [-0.05, 0) is 30.7 Å². The number of aliphatic carboxylic acids is 1. The van der Waals surface area contributed by atoms with Crippen molar-refractivity contribution in [1.82, 2.24) is 14.7 Å². The summed E-state index contributed by atoms with van der Waals surface area (Å²) < 4.78 is 1.96. The Bertz CT molecular complexity index is 954. The molecule has 5 nitrogen and oxygen atoms in total. The third-order valence-corrected chi connectivity index (χ3v) is 5.41. The van der Waals surface area contributed by atoms with Crippen LogP contribution in [0.1, 0.15) is 17.5 Å². The third-order valence-electron chi connectivity index (χ3n) is 5.16. The number of halogens is 1. The molecule has 0 aliphatic carbocycles. The lowest BCUT2D eigenvalue weighted by Crippen LogP contribution is -2.22. The van der Waals surface area contributed by atoms with Crippen LogP contribution in [0.25, 0.3) is 11.3 Å². The van der Waals surface area contributed by atoms with E-state index in [1.54, 1.807) is 0 Å². The standard InChI is InChI=1S/C22H22ClN3O2/c23-20-8-6-17(7-9-20)21-19(14-25-11-10-18(13-25)22(27)28)15-26(24-21)12-16-4-2-1-3-5-16/h1-9,15,18H,10-14H2,(H,27,28). The molecule has 0 saturated carbocycles. The summed E-state index contributed by atoms with van der Waals surface area (Å²) in [5.74, 6) is -0.987. The summed E-state index contributed by atoms with van der Waals surface area (Å²) in [4.78, 5) is 13.5. The molecule has 1 unspecified atom stereocenters. The van der Waals surface area contributed by atoms with Gasteiger partial charge in [0.05, 0.1) is 18.2 Å². The Hall–Kier alpha value is -2.63. The molecule has 2 aromatic carbocycles. The zero-order chi connectivity index (χ0) is 19.5. The van der Waals surface area contributed by atoms with Crippen LogP contribution in [0.5, 0.6) is 0 Å². The van der Waals surface area contributed by atoms with Gasteiger partial charge in [0.2, 0.25) is 0 Å². The van der Waals surface area contributed by atoms with Crippen LogP contribution in [0, 0.1) is 5.92 Å². The molecule has 1 aliphatic heterocycles. The van der Waals surface area contributed by atoms with Gasteiger partial charge in [-0.2, -0.15) is 5.10 Å². The molecule has 0 amide bonds. The van der Waals surface area contributed by atoms with Crippen molar-refractivity contribution in [3.8, 4) is 11.3 Å². The van der Waals surface area contributed by atoms with Crippen LogP contribution in [0.4, 0.5) is 0 Å². The number of carbonyl (C=O) groups is 1. The third kappa shape index (κ3) is 4.26. The Morgan fingerprint density at radius 3 is 2.54 bits per heavy atom. The van der Waals surface area contributed by atoms with Gasteiger partial charge in [0.1, 0.15) is 0 Å². The molecule has 28 heavy (non-hydrogen) atoms. The normalized spacial score (nSPS) is 17.1. The smallest absolute Gasteiger partial charge is 0.307 e. The highest BCUT2D eigenvalue weighted by molar-refractivity contribution is 6.30. The first-order valence-electron chi connectivity index (χ1n) is 9.40. The topological polar surface area (TPSA) is 58.4 Å². The van der Waals surface area contributed by atoms with Crippen LogP contribution >= 0.6 is 11.6 Å². The number of hydrogen-bond donors (Lipinski definition) is 1. The fourth-order valence-electron chi connectivity index (χ4n) is 3.70. The van der Waals surface area contributed by atoms with Crippen LogP contribution in [0.15, 0.2) is 60.8 Å². The molecule has 1 aliphatic rings. The van der Waals surface area contributed by atoms with Crippen molar-refractivity contribution >= 4 is 17.6 Å². The van der Waals surface area contributed by atoms with Gasteiger partial charge < -0.3 is 5.11 Å². The number of rotatable bonds is 6. The summed E-state index contributed by atoms with van der Waals surface area (Å²) in [6.45, 7) is 2.76. The minimum atomic E-state index is -0.708. The van der Waals surface area contributed by atoms with E-state index in [-0.39, 0.29) is 5.92 Å². The first-order chi connectivity index (χ1) is 13.6. The maximum atomic E-state index is 11.3. The first-order valence-corrected chi connectivity index (χ1v) is 9.77. The van der Waals surface area contributed by atoms with Crippen molar-refractivity contribution in [3.63, 3.8) is 0 Å². The second-order valence-electron chi connectivity index (χ2n) is 7.25. The molecule has 1 saturated heterocycles. The summed E-state index contributed by atoms with van der Waals surface area (Å²) in [5.41, 5.74) is 4.22. The number of benzene rings is 2. The van der Waals surface area contributed by atoms with Crippen LogP contribution in [0.2, 0.25) is 5.02 Å². The average molecular weight is 396 g/mol. The molecule has 1 aromatic heterocycles. The van der Waals surface area contributed by atoms with Crippen LogP contribution in [-0.4, -0.2) is 38.8 Å². The van der Waals surface area contributed by atoms with E-state index in [0.717, 1.165) is 23.4 Å². The number of hydrogen-bond acceptors (Lipinski definition) is 3. The van der Waals surface area contributed by atoms with Gasteiger partial charge in [0, 0.05) is 35.4 Å². The molecule has 2 heterocycles. The van der Waals surface area contributed by atoms with Crippen molar-refractivity contribution in [2.24, 2.45) is 5.92 Å². The summed E-state index contributed by atoms with van der Waals surface area (Å²) >= 11 is 6.05. The molecule has 0 radical (unpaired) electrons. The van der Waals surface area contributed by atoms with Crippen molar-refractivity contribution in [2.75, 3.05) is 13.1 Å². The molecule has 4 rings (SSSR count). The zero-order valence-electron chi connectivity index (χ0n) is 15.5. The number of likely N-dealkylation sites (tertiary alicyclic amines) is 1. The lowest BCUT2D eigenvalue weighted by atomic mass is 10.1. The van der Waals surface area contributed by atoms with E-state index in [9.17, 15) is 9.90 Å². The lowest BCUT2D eigenvalue weighted by Gasteiger charge is -2.15. The Morgan fingerprint density at radius 1 is 1.11 bits per heavy atom. The highest BCUT2D eigenvalue weighted by atomic mass is 35.5. The molecule has 0 spiro atoms. The maximum absolute atomic E-state index is 11.3. The molecule has 1 atom stereocenters. The van der Waals surface area contributed by atoms with E-state index in [1.165, 1.54) is 5.56 Å². The summed E-state index contributed by atoms with van der Waals surface area (Å²) in [6.07, 6.45) is 2.77. The number of aromatic nitrogens is 2. The van der Waals surface area contributed by atoms with Crippen LogP contribution in [0.3, 0.4) is 0 Å². The zero-order valence-corrected chi connectivity index (χ0v) is 16.2. The van der Waals surface area contributed by atoms with Gasteiger partial charge in [-0.15, -0.1) is 0 Å². The van der Waals surface area contributed by atoms with Gasteiger partial charge in [-0.1, -0.05) is 54.1 Å². The second-order valence-corrected chi connectivity index (χ2v) is 7.69. The van der Waals surface area contributed by atoms with Gasteiger partial charge in [0.15, 0.2) is 0 Å². The lowest BCUT2D eigenvalue weighted by molar-refractivity contribution is -0.141. The van der Waals surface area contributed by atoms with Crippen molar-refractivity contribution in [3.05, 3.63) is 76.9 Å². The average Bonchev–Trinajstić information content (AvgIpc) is 3.31. The number of carboxylic acid groups (broad SMARTS) is 1. The second kappa shape index (κ2) is 8.17. The molecule has 1 fully saturated rings. The maximum Gasteiger partial charge on any atom is 0.307 e. The van der Waals surface area contributed by atoms with Gasteiger partial charge in [-0.3, -0.25) is 14.4 Å². The van der Waals surface area contributed by atoms with Crippen molar-refractivity contribution in [1.29, 1.82) is 0 Å². The summed E-state index contributed by atoms with van der Waals surface area (Å²) in [5, 5.41) is 14.8. The number of nitrogens with zero attached hydrogens (tertiary/aromatic N) is 3. The van der Waals surface area contributed by atoms with E-state index in [0.29, 0.717) is 31.1 Å². The Balaban J connectivity index is 1.61. The van der Waals surface area contributed by atoms with Crippen molar-refractivity contribution in [2.45, 2.75) is 19.5 Å². The predicted octanol–water partition coefficient (Wildman–Crippen LogP) is 4.16. The minimum Gasteiger partial charge on any atom is -0.481 e. The largest absolute Gasteiger partial charge is 0.481 e. The van der Waals surface area contributed by atoms with Gasteiger partial charge in [-0.25, -0.2) is 0 Å². The van der Waals surface area contributed by atoms with Crippen LogP contribution in [-0.2, 0) is 17.9 Å². The predicted molar refractivity (Wildman–Crippen MR) is 109 cm³/mol. The number of carboxylic acids is 1. The van der Waals surface area contributed by atoms with E-state index in [1.807, 2.05) is 47.1 Å². The van der Waals surface area contributed by atoms with E-state index in [4.69, 9.17) is 16.7 Å². The highest BCUT2D eigenvalue weighted by Gasteiger charge is 2.28. The quantitative estimate of drug-likeness (QED) is 0.680. The molecule has 6 heteroatoms. The SMILES string of the molecule is O=C(O)C1CCN(Cc2cn(Cc3ccccc3)nc2-c2ccc(Cl)cc2)C1. The monoisotopic (exact) mass is 395 g/mol. The molecule has 1 N–H and O–H groups in total. The highest BCUT2D eigenvalue weighted by Crippen LogP contribution is 2.27. The van der Waals surface area contributed by atoms with E-state index in [2.05, 4.69) is 23.2 Å². The molecule has 3 aromatic rings. The molecular formula is C22H22ClN3O2. The van der Waals surface area contributed by atoms with Crippen LogP contribution < -0.4 is 0 Å². The molecule has 144 valence electrons.